The number of hydrogen-bond acceptors (Lipinski definition) is 5. The Morgan fingerprint density at radius 2 is 1.76 bits per heavy atom. The molecule has 0 atom stereocenters. The third kappa shape index (κ3) is 4.47. The number of benzene rings is 1. The van der Waals surface area contributed by atoms with E-state index in [0.29, 0.717) is 11.5 Å². The van der Waals surface area contributed by atoms with Crippen LogP contribution in [0.4, 0.5) is 0 Å². The van der Waals surface area contributed by atoms with Crippen molar-refractivity contribution in [1.82, 2.24) is 5.32 Å². The topological polar surface area (TPSA) is 66.0 Å². The third-order valence-corrected chi connectivity index (χ3v) is 4.52. The first-order chi connectivity index (χ1) is 11.6. The van der Waals surface area contributed by atoms with E-state index in [-0.39, 0.29) is 18.6 Å². The van der Waals surface area contributed by atoms with Gasteiger partial charge in [0, 0.05) is 6.04 Å². The summed E-state index contributed by atoms with van der Waals surface area (Å²) in [6.45, 7) is 11.8. The zero-order valence-electron chi connectivity index (χ0n) is 16.1. The van der Waals surface area contributed by atoms with E-state index < -0.39 is 18.3 Å². The summed E-state index contributed by atoms with van der Waals surface area (Å²) in [6.07, 6.45) is 0. The van der Waals surface area contributed by atoms with Gasteiger partial charge in [-0.25, -0.2) is 0 Å². The molecule has 25 heavy (non-hydrogen) atoms. The van der Waals surface area contributed by atoms with Gasteiger partial charge in [-0.2, -0.15) is 0 Å². The average Bonchev–Trinajstić information content (AvgIpc) is 2.72. The first-order valence-corrected chi connectivity index (χ1v) is 8.51. The van der Waals surface area contributed by atoms with Crippen molar-refractivity contribution in [3.63, 3.8) is 0 Å². The molecule has 6 nitrogen and oxygen atoms in total. The Balaban J connectivity index is 2.11. The van der Waals surface area contributed by atoms with Crippen molar-refractivity contribution >= 4 is 18.5 Å². The van der Waals surface area contributed by atoms with Crippen molar-refractivity contribution in [2.24, 2.45) is 0 Å². The van der Waals surface area contributed by atoms with E-state index in [4.69, 9.17) is 18.8 Å². The molecule has 0 unspecified atom stereocenters. The molecule has 1 aromatic carbocycles. The molecule has 0 aliphatic carbocycles. The van der Waals surface area contributed by atoms with E-state index in [9.17, 15) is 4.79 Å². The molecule has 138 valence electrons. The smallest absolute Gasteiger partial charge is 0.493 e. The summed E-state index contributed by atoms with van der Waals surface area (Å²) in [6, 6.07) is 5.52. The van der Waals surface area contributed by atoms with Crippen LogP contribution in [0.5, 0.6) is 11.5 Å². The maximum atomic E-state index is 11.7. The Morgan fingerprint density at radius 1 is 1.16 bits per heavy atom. The fraction of sp³-hybridized carbons (Fsp3) is 0.611. The lowest BCUT2D eigenvalue weighted by atomic mass is 9.79. The highest BCUT2D eigenvalue weighted by Crippen LogP contribution is 2.37. The van der Waals surface area contributed by atoms with Crippen molar-refractivity contribution in [3.8, 4) is 11.5 Å². The molecule has 7 heteroatoms. The van der Waals surface area contributed by atoms with Crippen LogP contribution in [-0.4, -0.2) is 44.0 Å². The first-order valence-electron chi connectivity index (χ1n) is 8.51. The molecule has 1 heterocycles. The largest absolute Gasteiger partial charge is 0.494 e. The Hall–Kier alpha value is -1.73. The van der Waals surface area contributed by atoms with Gasteiger partial charge in [0.15, 0.2) is 18.1 Å². The summed E-state index contributed by atoms with van der Waals surface area (Å²) in [4.78, 5) is 11.7. The highest BCUT2D eigenvalue weighted by atomic mass is 16.7. The lowest BCUT2D eigenvalue weighted by molar-refractivity contribution is -0.123. The van der Waals surface area contributed by atoms with Gasteiger partial charge >= 0.3 is 7.12 Å². The highest BCUT2D eigenvalue weighted by molar-refractivity contribution is 6.62. The molecule has 1 aliphatic heterocycles. The van der Waals surface area contributed by atoms with Crippen LogP contribution in [0.25, 0.3) is 0 Å². The van der Waals surface area contributed by atoms with E-state index in [1.54, 1.807) is 13.2 Å². The second kappa shape index (κ2) is 7.26. The van der Waals surface area contributed by atoms with Gasteiger partial charge in [-0.1, -0.05) is 6.07 Å². The zero-order valence-corrected chi connectivity index (χ0v) is 16.1. The lowest BCUT2D eigenvalue weighted by Crippen LogP contribution is -2.41. The molecule has 1 aromatic rings. The second-order valence-corrected chi connectivity index (χ2v) is 7.51. The van der Waals surface area contributed by atoms with Gasteiger partial charge in [0.05, 0.1) is 18.3 Å². The molecule has 1 amide bonds. The quantitative estimate of drug-likeness (QED) is 0.795. The fourth-order valence-electron chi connectivity index (χ4n) is 2.44. The Labute approximate surface area is 150 Å². The van der Waals surface area contributed by atoms with Crippen LogP contribution in [0.15, 0.2) is 18.2 Å². The van der Waals surface area contributed by atoms with Gasteiger partial charge in [0.2, 0.25) is 0 Å². The lowest BCUT2D eigenvalue weighted by Gasteiger charge is -2.32. The third-order valence-electron chi connectivity index (χ3n) is 4.52. The van der Waals surface area contributed by atoms with Crippen LogP contribution in [0.2, 0.25) is 0 Å². The summed E-state index contributed by atoms with van der Waals surface area (Å²) in [5, 5.41) is 2.78. The van der Waals surface area contributed by atoms with E-state index in [1.165, 1.54) is 0 Å². The molecular weight excluding hydrogens is 321 g/mol. The van der Waals surface area contributed by atoms with Crippen molar-refractivity contribution in [1.29, 1.82) is 0 Å². The van der Waals surface area contributed by atoms with Crippen molar-refractivity contribution in [3.05, 3.63) is 18.2 Å². The van der Waals surface area contributed by atoms with E-state index in [0.717, 1.165) is 5.46 Å². The van der Waals surface area contributed by atoms with Crippen LogP contribution >= 0.6 is 0 Å². The normalized spacial score (nSPS) is 18.3. The molecule has 0 spiro atoms. The van der Waals surface area contributed by atoms with Crippen LogP contribution in [-0.2, 0) is 14.1 Å². The van der Waals surface area contributed by atoms with E-state index in [1.807, 2.05) is 53.7 Å². The number of carbonyl (C=O) groups is 1. The second-order valence-electron chi connectivity index (χ2n) is 7.51. The SMILES string of the molecule is COc1cc(B2OC(C)(C)C(C)(C)O2)ccc1OCC(=O)NC(C)C. The Kier molecular flexibility index (Phi) is 5.69. The molecule has 1 saturated heterocycles. The van der Waals surface area contributed by atoms with Crippen molar-refractivity contribution in [2.45, 2.75) is 58.8 Å². The Morgan fingerprint density at radius 3 is 2.28 bits per heavy atom. The molecular formula is C18H28BNO5. The predicted molar refractivity (Wildman–Crippen MR) is 97.5 cm³/mol. The summed E-state index contributed by atoms with van der Waals surface area (Å²) in [5.41, 5.74) is 0.0267. The molecule has 2 rings (SSSR count). The number of methoxy groups -OCH3 is 1. The number of ether oxygens (including phenoxy) is 2. The molecule has 0 aromatic heterocycles. The number of nitrogens with one attached hydrogen (secondary N) is 1. The predicted octanol–water partition coefficient (Wildman–Crippen LogP) is 1.90. The van der Waals surface area contributed by atoms with Crippen molar-refractivity contribution < 1.29 is 23.6 Å². The minimum Gasteiger partial charge on any atom is -0.493 e. The standard InChI is InChI=1S/C18H28BNO5/c1-12(2)20-16(21)11-23-14-9-8-13(10-15(14)22-7)19-24-17(3,4)18(5,6)25-19/h8-10,12H,11H2,1-7H3,(H,20,21). The Bertz CT molecular complexity index is 614. The minimum absolute atomic E-state index is 0.0651. The van der Waals surface area contributed by atoms with Gasteiger partial charge < -0.3 is 24.1 Å². The van der Waals surface area contributed by atoms with Crippen molar-refractivity contribution in [2.75, 3.05) is 13.7 Å². The monoisotopic (exact) mass is 349 g/mol. The van der Waals surface area contributed by atoms with Crippen LogP contribution in [0, 0.1) is 0 Å². The van der Waals surface area contributed by atoms with Gasteiger partial charge in [0.1, 0.15) is 0 Å². The average molecular weight is 349 g/mol. The molecule has 1 aliphatic rings. The van der Waals surface area contributed by atoms with Crippen LogP contribution in [0.1, 0.15) is 41.5 Å². The maximum Gasteiger partial charge on any atom is 0.494 e. The summed E-state index contributed by atoms with van der Waals surface area (Å²) in [5.74, 6) is 0.860. The number of rotatable bonds is 6. The van der Waals surface area contributed by atoms with Crippen LogP contribution < -0.4 is 20.3 Å². The van der Waals surface area contributed by atoms with E-state index >= 15 is 0 Å². The minimum atomic E-state index is -0.475. The molecule has 1 N–H and O–H groups in total. The molecule has 0 bridgehead atoms. The summed E-state index contributed by atoms with van der Waals surface area (Å²) < 4.78 is 23.1. The number of hydrogen-bond donors (Lipinski definition) is 1. The first kappa shape index (κ1) is 19.6. The molecule has 0 radical (unpaired) electrons. The number of carbonyl (C=O) groups excluding carboxylic acids is 1. The molecule has 0 saturated carbocycles. The summed E-state index contributed by atoms with van der Waals surface area (Å²) in [7, 11) is 1.09. The van der Waals surface area contributed by atoms with Gasteiger partial charge in [-0.05, 0) is 59.1 Å². The van der Waals surface area contributed by atoms with Gasteiger partial charge in [-0.3, -0.25) is 4.79 Å². The zero-order chi connectivity index (χ0) is 18.8. The van der Waals surface area contributed by atoms with E-state index in [2.05, 4.69) is 5.32 Å². The number of amides is 1. The van der Waals surface area contributed by atoms with Gasteiger partial charge in [0.25, 0.3) is 5.91 Å². The van der Waals surface area contributed by atoms with Gasteiger partial charge in [-0.15, -0.1) is 0 Å². The van der Waals surface area contributed by atoms with Crippen LogP contribution in [0.3, 0.4) is 0 Å². The molecule has 1 fully saturated rings. The highest BCUT2D eigenvalue weighted by Gasteiger charge is 2.51. The summed E-state index contributed by atoms with van der Waals surface area (Å²) >= 11 is 0. The fourth-order valence-corrected chi connectivity index (χ4v) is 2.44. The maximum absolute atomic E-state index is 11.7.